The minimum Gasteiger partial charge on any atom is -0.378 e. The summed E-state index contributed by atoms with van der Waals surface area (Å²) in [6.45, 7) is 9.72. The number of nitrogens with one attached hydrogen (secondary N) is 2. The van der Waals surface area contributed by atoms with Gasteiger partial charge in [-0.1, -0.05) is 18.2 Å². The van der Waals surface area contributed by atoms with Gasteiger partial charge in [0.1, 0.15) is 6.54 Å². The molecule has 0 atom stereocenters. The summed E-state index contributed by atoms with van der Waals surface area (Å²) in [5.41, 5.74) is 1.09. The zero-order valence-electron chi connectivity index (χ0n) is 17.8. The predicted molar refractivity (Wildman–Crippen MR) is 114 cm³/mol. The van der Waals surface area contributed by atoms with Crippen molar-refractivity contribution in [1.29, 1.82) is 0 Å². The number of amides is 2. The Morgan fingerprint density at radius 3 is 2.50 bits per heavy atom. The predicted octanol–water partition coefficient (Wildman–Crippen LogP) is -0.276. The maximum Gasteiger partial charge on any atom is 0.292 e. The van der Waals surface area contributed by atoms with E-state index in [0.29, 0.717) is 43.8 Å². The molecule has 8 nitrogen and oxygen atoms in total. The van der Waals surface area contributed by atoms with Gasteiger partial charge in [-0.2, -0.15) is 0 Å². The Labute approximate surface area is 176 Å². The molecular formula is C22H31N4O4+. The van der Waals surface area contributed by atoms with Crippen molar-refractivity contribution < 1.29 is 24.0 Å². The van der Waals surface area contributed by atoms with Crippen LogP contribution in [0.3, 0.4) is 0 Å². The Morgan fingerprint density at radius 2 is 1.80 bits per heavy atom. The number of benzene rings is 1. The highest BCUT2D eigenvalue weighted by molar-refractivity contribution is 6.45. The summed E-state index contributed by atoms with van der Waals surface area (Å²) in [7, 11) is 0. The number of nitrogens with zero attached hydrogens (tertiary/aromatic N) is 2. The minimum absolute atomic E-state index is 0.0234. The lowest BCUT2D eigenvalue weighted by Gasteiger charge is -2.27. The van der Waals surface area contributed by atoms with Crippen LogP contribution in [0.1, 0.15) is 24.2 Å². The van der Waals surface area contributed by atoms with Gasteiger partial charge in [0, 0.05) is 30.2 Å². The average Bonchev–Trinajstić information content (AvgIpc) is 3.15. The second-order valence-corrected chi connectivity index (χ2v) is 7.47. The van der Waals surface area contributed by atoms with E-state index in [9.17, 15) is 14.4 Å². The van der Waals surface area contributed by atoms with Crippen LogP contribution in [0.25, 0.3) is 10.9 Å². The Bertz CT molecular complexity index is 898. The van der Waals surface area contributed by atoms with E-state index in [2.05, 4.69) is 19.2 Å². The molecule has 0 spiro atoms. The van der Waals surface area contributed by atoms with Crippen LogP contribution in [-0.4, -0.2) is 79.5 Å². The number of fused-ring (bicyclic) bond motifs is 1. The normalized spacial score (nSPS) is 14.3. The zero-order valence-corrected chi connectivity index (χ0v) is 17.8. The number of hydrogen-bond donors (Lipinski definition) is 2. The first-order chi connectivity index (χ1) is 14.5. The molecule has 2 heterocycles. The molecule has 0 unspecified atom stereocenters. The second-order valence-electron chi connectivity index (χ2n) is 7.47. The standard InChI is InChI=1S/C22H30N4O4/c1-3-24(4-2)10-9-23-22(29)21(28)18-15-26(19-8-6-5-7-17(18)19)16-20(27)25-11-13-30-14-12-25/h5-8,15H,3-4,9-14,16H2,1-2H3,(H,23,29)/p+1. The van der Waals surface area contributed by atoms with Crippen LogP contribution in [-0.2, 0) is 20.9 Å². The zero-order chi connectivity index (χ0) is 21.5. The number of carbonyl (C=O) groups is 3. The SMILES string of the molecule is CC[NH+](CC)CCNC(=O)C(=O)c1cn(CC(=O)N2CCOCC2)c2ccccc12. The summed E-state index contributed by atoms with van der Waals surface area (Å²) < 4.78 is 7.06. The van der Waals surface area contributed by atoms with Gasteiger partial charge in [-0.15, -0.1) is 0 Å². The van der Waals surface area contributed by atoms with E-state index in [1.54, 1.807) is 15.7 Å². The maximum absolute atomic E-state index is 12.8. The first-order valence-electron chi connectivity index (χ1n) is 10.6. The largest absolute Gasteiger partial charge is 0.378 e. The van der Waals surface area contributed by atoms with Crippen molar-refractivity contribution in [1.82, 2.24) is 14.8 Å². The van der Waals surface area contributed by atoms with Crippen LogP contribution in [0, 0.1) is 0 Å². The number of aromatic nitrogens is 1. The van der Waals surface area contributed by atoms with Crippen LogP contribution < -0.4 is 10.2 Å². The minimum atomic E-state index is -0.607. The van der Waals surface area contributed by atoms with Crippen molar-refractivity contribution in [2.24, 2.45) is 0 Å². The van der Waals surface area contributed by atoms with Crippen molar-refractivity contribution in [3.05, 3.63) is 36.0 Å². The second kappa shape index (κ2) is 10.4. The summed E-state index contributed by atoms with van der Waals surface area (Å²) >= 11 is 0. The molecular weight excluding hydrogens is 384 g/mol. The molecule has 3 rings (SSSR count). The van der Waals surface area contributed by atoms with Gasteiger partial charge in [0.15, 0.2) is 0 Å². The molecule has 30 heavy (non-hydrogen) atoms. The van der Waals surface area contributed by atoms with Gasteiger partial charge < -0.3 is 24.4 Å². The third kappa shape index (κ3) is 5.06. The molecule has 0 bridgehead atoms. The number of ketones is 1. The number of rotatable bonds is 9. The highest BCUT2D eigenvalue weighted by Gasteiger charge is 2.23. The summed E-state index contributed by atoms with van der Waals surface area (Å²) in [4.78, 5) is 41.1. The number of morpholine rings is 1. The first-order valence-corrected chi connectivity index (χ1v) is 10.6. The quantitative estimate of drug-likeness (QED) is 0.436. The number of Topliss-reactive ketones (excluding diaryl/α,β-unsaturated/α-hetero) is 1. The van der Waals surface area contributed by atoms with Gasteiger partial charge in [-0.3, -0.25) is 14.4 Å². The van der Waals surface area contributed by atoms with Gasteiger partial charge in [-0.25, -0.2) is 0 Å². The van der Waals surface area contributed by atoms with E-state index in [4.69, 9.17) is 4.74 Å². The van der Waals surface area contributed by atoms with E-state index in [-0.39, 0.29) is 12.5 Å². The molecule has 0 radical (unpaired) electrons. The van der Waals surface area contributed by atoms with Gasteiger partial charge >= 0.3 is 0 Å². The monoisotopic (exact) mass is 415 g/mol. The Hall–Kier alpha value is -2.71. The Morgan fingerprint density at radius 1 is 1.10 bits per heavy atom. The molecule has 1 aromatic heterocycles. The number of hydrogen-bond acceptors (Lipinski definition) is 4. The van der Waals surface area contributed by atoms with Crippen LogP contribution in [0.5, 0.6) is 0 Å². The molecule has 162 valence electrons. The number of likely N-dealkylation sites (N-methyl/N-ethyl adjacent to an activating group) is 1. The van der Waals surface area contributed by atoms with Crippen LogP contribution in [0.2, 0.25) is 0 Å². The van der Waals surface area contributed by atoms with E-state index in [1.807, 2.05) is 24.3 Å². The summed E-state index contributed by atoms with van der Waals surface area (Å²) in [6.07, 6.45) is 1.63. The van der Waals surface area contributed by atoms with E-state index >= 15 is 0 Å². The molecule has 1 fully saturated rings. The van der Waals surface area contributed by atoms with Crippen molar-refractivity contribution in [3.8, 4) is 0 Å². The summed E-state index contributed by atoms with van der Waals surface area (Å²) in [5, 5.41) is 3.42. The van der Waals surface area contributed by atoms with Crippen LogP contribution in [0.15, 0.2) is 30.5 Å². The van der Waals surface area contributed by atoms with E-state index < -0.39 is 11.7 Å². The molecule has 2 aromatic rings. The summed E-state index contributed by atoms with van der Waals surface area (Å²) in [6, 6.07) is 7.36. The van der Waals surface area contributed by atoms with E-state index in [1.165, 1.54) is 4.90 Å². The molecule has 2 amide bonds. The van der Waals surface area contributed by atoms with Crippen molar-refractivity contribution in [2.75, 3.05) is 52.5 Å². The van der Waals surface area contributed by atoms with Crippen molar-refractivity contribution in [3.63, 3.8) is 0 Å². The summed E-state index contributed by atoms with van der Waals surface area (Å²) in [5.74, 6) is -1.20. The lowest BCUT2D eigenvalue weighted by atomic mass is 10.1. The van der Waals surface area contributed by atoms with Gasteiger partial charge in [0.25, 0.3) is 11.7 Å². The molecule has 1 aliphatic heterocycles. The molecule has 8 heteroatoms. The fourth-order valence-electron chi connectivity index (χ4n) is 3.78. The molecule has 1 saturated heterocycles. The molecule has 1 aromatic carbocycles. The number of ether oxygens (including phenoxy) is 1. The van der Waals surface area contributed by atoms with Gasteiger partial charge in [-0.05, 0) is 19.9 Å². The van der Waals surface area contributed by atoms with E-state index in [0.717, 1.165) is 25.2 Å². The smallest absolute Gasteiger partial charge is 0.292 e. The maximum atomic E-state index is 12.8. The lowest BCUT2D eigenvalue weighted by Crippen LogP contribution is -3.12. The Balaban J connectivity index is 1.73. The molecule has 0 aliphatic carbocycles. The average molecular weight is 416 g/mol. The number of carbonyl (C=O) groups excluding carboxylic acids is 3. The van der Waals surface area contributed by atoms with Crippen LogP contribution >= 0.6 is 0 Å². The number of quaternary nitrogens is 1. The van der Waals surface area contributed by atoms with Gasteiger partial charge in [0.2, 0.25) is 5.91 Å². The Kier molecular flexibility index (Phi) is 7.59. The number of para-hydroxylation sites is 1. The molecule has 0 saturated carbocycles. The first kappa shape index (κ1) is 22.0. The third-order valence-electron chi connectivity index (χ3n) is 5.67. The highest BCUT2D eigenvalue weighted by atomic mass is 16.5. The topological polar surface area (TPSA) is 85.1 Å². The molecule has 1 aliphatic rings. The van der Waals surface area contributed by atoms with Crippen molar-refractivity contribution in [2.45, 2.75) is 20.4 Å². The fraction of sp³-hybridized carbons (Fsp3) is 0.500. The van der Waals surface area contributed by atoms with Gasteiger partial charge in [0.05, 0.1) is 45.0 Å². The highest BCUT2D eigenvalue weighted by Crippen LogP contribution is 2.22. The molecule has 2 N–H and O–H groups in total. The lowest BCUT2D eigenvalue weighted by molar-refractivity contribution is -0.895. The van der Waals surface area contributed by atoms with Crippen LogP contribution in [0.4, 0.5) is 0 Å². The van der Waals surface area contributed by atoms with Crippen molar-refractivity contribution >= 4 is 28.5 Å². The third-order valence-corrected chi connectivity index (χ3v) is 5.67. The fourth-order valence-corrected chi connectivity index (χ4v) is 3.78.